The zero-order valence-corrected chi connectivity index (χ0v) is 10.5. The maximum Gasteiger partial charge on any atom is 0.364 e. The van der Waals surface area contributed by atoms with Crippen LogP contribution in [0.25, 0.3) is 0 Å². The van der Waals surface area contributed by atoms with Crippen LogP contribution in [0.3, 0.4) is 0 Å². The fraction of sp³-hybridized carbons (Fsp3) is 0.333. The molecule has 0 aromatic carbocycles. The Morgan fingerprint density at radius 3 is 2.94 bits per heavy atom. The predicted molar refractivity (Wildman–Crippen MR) is 62.6 cm³/mol. The smallest absolute Gasteiger partial charge is 0.364 e. The third-order valence-corrected chi connectivity index (χ3v) is 2.46. The first-order valence-electron chi connectivity index (χ1n) is 4.68. The number of aliphatic hydroxyl groups excluding tert-OH is 1. The Labute approximate surface area is 105 Å². The number of pyridine rings is 1. The van der Waals surface area contributed by atoms with Gasteiger partial charge in [0, 0.05) is 12.6 Å². The maximum absolute atomic E-state index is 11.6. The molecule has 0 spiro atoms. The van der Waals surface area contributed by atoms with Crippen LogP contribution in [0.15, 0.2) is 16.7 Å². The van der Waals surface area contributed by atoms with Crippen molar-refractivity contribution in [3.05, 3.63) is 32.4 Å². The molecule has 0 radical (unpaired) electrons. The van der Waals surface area contributed by atoms with Gasteiger partial charge in [0.15, 0.2) is 6.20 Å². The SMILES string of the molecule is CC(O)CNC(=O)c1cc([N+](=O)[O-])ncc1Br. The van der Waals surface area contributed by atoms with Crippen molar-refractivity contribution in [2.24, 2.45) is 0 Å². The molecule has 1 atom stereocenters. The van der Waals surface area contributed by atoms with E-state index < -0.39 is 22.8 Å². The van der Waals surface area contributed by atoms with Gasteiger partial charge < -0.3 is 20.5 Å². The van der Waals surface area contributed by atoms with Gasteiger partial charge in [0.05, 0.1) is 16.1 Å². The van der Waals surface area contributed by atoms with Crippen LogP contribution in [-0.2, 0) is 0 Å². The van der Waals surface area contributed by atoms with Gasteiger partial charge in [0.25, 0.3) is 5.91 Å². The van der Waals surface area contributed by atoms with E-state index in [-0.39, 0.29) is 12.1 Å². The van der Waals surface area contributed by atoms with Gasteiger partial charge in [-0.05, 0) is 32.8 Å². The molecule has 2 N–H and O–H groups in total. The second kappa shape index (κ2) is 5.69. The van der Waals surface area contributed by atoms with Crippen LogP contribution in [-0.4, -0.2) is 33.6 Å². The molecular weight excluding hydrogens is 294 g/mol. The molecule has 1 heterocycles. The number of nitrogens with zero attached hydrogens (tertiary/aromatic N) is 2. The first-order valence-corrected chi connectivity index (χ1v) is 5.47. The van der Waals surface area contributed by atoms with Crippen LogP contribution < -0.4 is 5.32 Å². The molecule has 0 aliphatic rings. The van der Waals surface area contributed by atoms with Crippen molar-refractivity contribution >= 4 is 27.7 Å². The molecule has 1 amide bonds. The van der Waals surface area contributed by atoms with Crippen LogP contribution in [0.5, 0.6) is 0 Å². The lowest BCUT2D eigenvalue weighted by Crippen LogP contribution is -2.30. The van der Waals surface area contributed by atoms with Crippen molar-refractivity contribution in [3.8, 4) is 0 Å². The van der Waals surface area contributed by atoms with Crippen LogP contribution >= 0.6 is 15.9 Å². The van der Waals surface area contributed by atoms with Crippen LogP contribution in [0.4, 0.5) is 5.82 Å². The van der Waals surface area contributed by atoms with Crippen molar-refractivity contribution in [2.45, 2.75) is 13.0 Å². The first-order chi connectivity index (χ1) is 7.91. The number of nitrogens with one attached hydrogen (secondary N) is 1. The summed E-state index contributed by atoms with van der Waals surface area (Å²) in [7, 11) is 0. The van der Waals surface area contributed by atoms with Crippen LogP contribution in [0, 0.1) is 10.1 Å². The number of hydrogen-bond acceptors (Lipinski definition) is 5. The van der Waals surface area contributed by atoms with Gasteiger partial charge >= 0.3 is 5.82 Å². The third kappa shape index (κ3) is 3.75. The van der Waals surface area contributed by atoms with Crippen molar-refractivity contribution in [3.63, 3.8) is 0 Å². The fourth-order valence-electron chi connectivity index (χ4n) is 1.04. The Morgan fingerprint density at radius 1 is 1.76 bits per heavy atom. The molecule has 7 nitrogen and oxygen atoms in total. The van der Waals surface area contributed by atoms with Gasteiger partial charge in [-0.15, -0.1) is 0 Å². The average Bonchev–Trinajstić information content (AvgIpc) is 2.26. The average molecular weight is 304 g/mol. The molecule has 0 aliphatic heterocycles. The maximum atomic E-state index is 11.6. The van der Waals surface area contributed by atoms with Crippen LogP contribution in [0.1, 0.15) is 17.3 Å². The number of rotatable bonds is 4. The molecule has 1 rings (SSSR count). The fourth-order valence-corrected chi connectivity index (χ4v) is 1.43. The zero-order valence-electron chi connectivity index (χ0n) is 8.88. The predicted octanol–water partition coefficient (Wildman–Crippen LogP) is 0.863. The molecule has 1 aromatic heterocycles. The summed E-state index contributed by atoms with van der Waals surface area (Å²) in [5.74, 6) is -0.918. The Hall–Kier alpha value is -1.54. The Morgan fingerprint density at radius 2 is 2.41 bits per heavy atom. The minimum absolute atomic E-state index is 0.0708. The number of nitro groups is 1. The number of amides is 1. The minimum Gasteiger partial charge on any atom is -0.392 e. The molecule has 17 heavy (non-hydrogen) atoms. The van der Waals surface area contributed by atoms with E-state index in [4.69, 9.17) is 5.11 Å². The summed E-state index contributed by atoms with van der Waals surface area (Å²) in [5.41, 5.74) is 0.104. The first kappa shape index (κ1) is 13.5. The number of aliphatic hydroxyl groups is 1. The molecule has 0 saturated carbocycles. The summed E-state index contributed by atoms with van der Waals surface area (Å²) in [6.07, 6.45) is 0.504. The second-order valence-electron chi connectivity index (χ2n) is 3.34. The van der Waals surface area contributed by atoms with E-state index in [9.17, 15) is 14.9 Å². The van der Waals surface area contributed by atoms with E-state index in [0.29, 0.717) is 4.47 Å². The highest BCUT2D eigenvalue weighted by molar-refractivity contribution is 9.10. The molecule has 1 unspecified atom stereocenters. The topological polar surface area (TPSA) is 105 Å². The number of hydrogen-bond donors (Lipinski definition) is 2. The molecule has 0 saturated heterocycles. The highest BCUT2D eigenvalue weighted by Crippen LogP contribution is 2.19. The lowest BCUT2D eigenvalue weighted by atomic mass is 10.2. The van der Waals surface area contributed by atoms with Crippen LogP contribution in [0.2, 0.25) is 0 Å². The van der Waals surface area contributed by atoms with Crippen molar-refractivity contribution in [2.75, 3.05) is 6.54 Å². The second-order valence-corrected chi connectivity index (χ2v) is 4.19. The third-order valence-electron chi connectivity index (χ3n) is 1.83. The number of halogens is 1. The molecular formula is C9H10BrN3O4. The summed E-state index contributed by atoms with van der Waals surface area (Å²) in [4.78, 5) is 25.0. The largest absolute Gasteiger partial charge is 0.392 e. The highest BCUT2D eigenvalue weighted by Gasteiger charge is 2.17. The number of aromatic nitrogens is 1. The zero-order chi connectivity index (χ0) is 13.0. The Bertz CT molecular complexity index is 450. The summed E-state index contributed by atoms with van der Waals surface area (Å²) in [6, 6.07) is 1.07. The van der Waals surface area contributed by atoms with Gasteiger partial charge in [-0.25, -0.2) is 0 Å². The minimum atomic E-state index is -0.686. The number of carbonyl (C=O) groups excluding carboxylic acids is 1. The Balaban J connectivity index is 2.92. The quantitative estimate of drug-likeness (QED) is 0.634. The standard InChI is InChI=1S/C9H10BrN3O4/c1-5(14)3-12-9(15)6-2-8(13(16)17)11-4-7(6)10/h2,4-5,14H,3H2,1H3,(H,12,15). The Kier molecular flexibility index (Phi) is 4.53. The molecule has 92 valence electrons. The molecule has 8 heteroatoms. The van der Waals surface area contributed by atoms with E-state index in [1.807, 2.05) is 0 Å². The van der Waals surface area contributed by atoms with E-state index in [2.05, 4.69) is 26.2 Å². The monoisotopic (exact) mass is 303 g/mol. The van der Waals surface area contributed by atoms with Gasteiger partial charge in [-0.1, -0.05) is 0 Å². The van der Waals surface area contributed by atoms with E-state index >= 15 is 0 Å². The normalized spacial score (nSPS) is 11.9. The van der Waals surface area contributed by atoms with Gasteiger partial charge in [0.1, 0.15) is 0 Å². The highest BCUT2D eigenvalue weighted by atomic mass is 79.9. The van der Waals surface area contributed by atoms with Crippen molar-refractivity contribution in [1.82, 2.24) is 10.3 Å². The lowest BCUT2D eigenvalue weighted by molar-refractivity contribution is -0.389. The molecule has 0 fully saturated rings. The van der Waals surface area contributed by atoms with E-state index in [1.165, 1.54) is 13.1 Å². The molecule has 0 aliphatic carbocycles. The van der Waals surface area contributed by atoms with E-state index in [0.717, 1.165) is 6.07 Å². The van der Waals surface area contributed by atoms with Gasteiger partial charge in [-0.3, -0.25) is 4.79 Å². The van der Waals surface area contributed by atoms with Crippen molar-refractivity contribution < 1.29 is 14.8 Å². The summed E-state index contributed by atoms with van der Waals surface area (Å²) in [6.45, 7) is 1.59. The lowest BCUT2D eigenvalue weighted by Gasteiger charge is -2.07. The summed E-state index contributed by atoms with van der Waals surface area (Å²) < 4.78 is 0.353. The molecule has 0 bridgehead atoms. The number of carbonyl (C=O) groups is 1. The summed E-state index contributed by atoms with van der Waals surface area (Å²) >= 11 is 3.08. The van der Waals surface area contributed by atoms with Crippen molar-refractivity contribution in [1.29, 1.82) is 0 Å². The van der Waals surface area contributed by atoms with Gasteiger partial charge in [-0.2, -0.15) is 0 Å². The summed E-state index contributed by atoms with van der Waals surface area (Å²) in [5, 5.41) is 22.0. The van der Waals surface area contributed by atoms with E-state index in [1.54, 1.807) is 0 Å². The van der Waals surface area contributed by atoms with Gasteiger partial charge in [0.2, 0.25) is 0 Å². The molecule has 1 aromatic rings.